The van der Waals surface area contributed by atoms with Gasteiger partial charge in [-0.05, 0) is 45.7 Å². The van der Waals surface area contributed by atoms with Crippen LogP contribution in [0.1, 0.15) is 67.3 Å². The van der Waals surface area contributed by atoms with Gasteiger partial charge in [-0.1, -0.05) is 12.8 Å². The largest absolute Gasteiger partial charge is 0.349 e. The van der Waals surface area contributed by atoms with Gasteiger partial charge in [-0.3, -0.25) is 14.6 Å². The van der Waals surface area contributed by atoms with Gasteiger partial charge < -0.3 is 10.6 Å². The molecule has 1 aromatic rings. The summed E-state index contributed by atoms with van der Waals surface area (Å²) in [5.41, 5.74) is 0.417. The summed E-state index contributed by atoms with van der Waals surface area (Å²) in [6, 6.07) is 3.45. The first-order chi connectivity index (χ1) is 9.85. The van der Waals surface area contributed by atoms with Crippen molar-refractivity contribution in [3.63, 3.8) is 0 Å². The Balaban J connectivity index is 2.06. The predicted octanol–water partition coefficient (Wildman–Crippen LogP) is 2.28. The van der Waals surface area contributed by atoms with Crippen molar-refractivity contribution in [3.8, 4) is 0 Å². The fourth-order valence-corrected chi connectivity index (χ4v) is 2.44. The first kappa shape index (κ1) is 15.5. The summed E-state index contributed by atoms with van der Waals surface area (Å²) in [7, 11) is 0. The molecule has 0 atom stereocenters. The Morgan fingerprint density at radius 2 is 1.86 bits per heavy atom. The first-order valence-electron chi connectivity index (χ1n) is 7.44. The van der Waals surface area contributed by atoms with E-state index in [1.54, 1.807) is 12.1 Å². The lowest BCUT2D eigenvalue weighted by atomic mass is 10.1. The van der Waals surface area contributed by atoms with Gasteiger partial charge in [0, 0.05) is 23.3 Å². The van der Waals surface area contributed by atoms with Gasteiger partial charge in [0.15, 0.2) is 0 Å². The summed E-state index contributed by atoms with van der Waals surface area (Å²) >= 11 is 0. The van der Waals surface area contributed by atoms with E-state index < -0.39 is 0 Å². The Kier molecular flexibility index (Phi) is 4.60. The molecule has 1 heterocycles. The highest BCUT2D eigenvalue weighted by molar-refractivity contribution is 5.98. The van der Waals surface area contributed by atoms with Crippen molar-refractivity contribution in [3.05, 3.63) is 29.6 Å². The Bertz CT molecular complexity index is 529. The number of amides is 2. The van der Waals surface area contributed by atoms with Crippen molar-refractivity contribution in [2.75, 3.05) is 0 Å². The molecular formula is C16H23N3O2. The van der Waals surface area contributed by atoms with E-state index in [0.717, 1.165) is 12.8 Å². The third-order valence-electron chi connectivity index (χ3n) is 3.43. The summed E-state index contributed by atoms with van der Waals surface area (Å²) in [5.74, 6) is -0.396. The molecule has 1 aromatic heterocycles. The summed E-state index contributed by atoms with van der Waals surface area (Å²) < 4.78 is 0. The molecule has 1 aliphatic rings. The van der Waals surface area contributed by atoms with Crippen molar-refractivity contribution in [2.24, 2.45) is 0 Å². The first-order valence-corrected chi connectivity index (χ1v) is 7.44. The molecule has 5 heteroatoms. The van der Waals surface area contributed by atoms with Gasteiger partial charge in [-0.25, -0.2) is 0 Å². The highest BCUT2D eigenvalue weighted by Gasteiger charge is 2.20. The number of aromatic nitrogens is 1. The number of nitrogens with one attached hydrogen (secondary N) is 2. The van der Waals surface area contributed by atoms with Gasteiger partial charge in [0.05, 0.1) is 0 Å². The van der Waals surface area contributed by atoms with Gasteiger partial charge in [0.1, 0.15) is 5.69 Å². The number of hydrogen-bond acceptors (Lipinski definition) is 3. The van der Waals surface area contributed by atoms with E-state index >= 15 is 0 Å². The molecule has 0 radical (unpaired) electrons. The minimum Gasteiger partial charge on any atom is -0.349 e. The van der Waals surface area contributed by atoms with Crippen LogP contribution in [0, 0.1) is 0 Å². The highest BCUT2D eigenvalue weighted by Crippen LogP contribution is 2.18. The average Bonchev–Trinajstić information content (AvgIpc) is 2.90. The molecule has 0 spiro atoms. The van der Waals surface area contributed by atoms with Crippen molar-refractivity contribution in [2.45, 2.75) is 58.0 Å². The second-order valence-corrected chi connectivity index (χ2v) is 6.59. The van der Waals surface area contributed by atoms with E-state index in [0.29, 0.717) is 5.56 Å². The Morgan fingerprint density at radius 3 is 2.48 bits per heavy atom. The fraction of sp³-hybridized carbons (Fsp3) is 0.562. The minimum absolute atomic E-state index is 0.130. The standard InChI is InChI=1S/C16H23N3O2/c1-16(2,3)19-15(21)13-10-11(8-9-17-13)14(20)18-12-6-4-5-7-12/h8-10,12H,4-7H2,1-3H3,(H,18,20)(H,19,21). The van der Waals surface area contributed by atoms with Gasteiger partial charge in [0.25, 0.3) is 11.8 Å². The molecule has 2 N–H and O–H groups in total. The summed E-state index contributed by atoms with van der Waals surface area (Å²) in [6.07, 6.45) is 5.91. The lowest BCUT2D eigenvalue weighted by molar-refractivity contribution is 0.0914. The normalized spacial score (nSPS) is 15.8. The molecule has 0 bridgehead atoms. The lowest BCUT2D eigenvalue weighted by Gasteiger charge is -2.20. The molecule has 1 saturated carbocycles. The number of nitrogens with zero attached hydrogens (tertiary/aromatic N) is 1. The molecule has 2 rings (SSSR count). The number of carbonyl (C=O) groups excluding carboxylic acids is 2. The van der Waals surface area contributed by atoms with Crippen molar-refractivity contribution in [1.82, 2.24) is 15.6 Å². The molecule has 0 aromatic carbocycles. The Labute approximate surface area is 125 Å². The predicted molar refractivity (Wildman–Crippen MR) is 81.2 cm³/mol. The van der Waals surface area contributed by atoms with Crippen LogP contribution in [0.3, 0.4) is 0 Å². The molecule has 2 amide bonds. The molecule has 1 aliphatic carbocycles. The zero-order valence-electron chi connectivity index (χ0n) is 12.9. The maximum absolute atomic E-state index is 12.2. The van der Waals surface area contributed by atoms with Crippen molar-refractivity contribution >= 4 is 11.8 Å². The van der Waals surface area contributed by atoms with E-state index in [-0.39, 0.29) is 29.1 Å². The lowest BCUT2D eigenvalue weighted by Crippen LogP contribution is -2.41. The Hall–Kier alpha value is -1.91. The number of pyridine rings is 1. The maximum Gasteiger partial charge on any atom is 0.270 e. The van der Waals surface area contributed by atoms with Crippen LogP contribution in [0.2, 0.25) is 0 Å². The van der Waals surface area contributed by atoms with Gasteiger partial charge in [-0.2, -0.15) is 0 Å². The molecule has 1 fully saturated rings. The summed E-state index contributed by atoms with van der Waals surface area (Å²) in [6.45, 7) is 5.71. The molecule has 114 valence electrons. The van der Waals surface area contributed by atoms with E-state index in [9.17, 15) is 9.59 Å². The Morgan fingerprint density at radius 1 is 1.19 bits per heavy atom. The number of rotatable bonds is 3. The van der Waals surface area contributed by atoms with Crippen LogP contribution in [0.5, 0.6) is 0 Å². The molecule has 5 nitrogen and oxygen atoms in total. The second kappa shape index (κ2) is 6.24. The third kappa shape index (κ3) is 4.55. The van der Waals surface area contributed by atoms with Crippen LogP contribution in [-0.2, 0) is 0 Å². The van der Waals surface area contributed by atoms with E-state index in [1.165, 1.54) is 19.0 Å². The monoisotopic (exact) mass is 289 g/mol. The molecule has 21 heavy (non-hydrogen) atoms. The third-order valence-corrected chi connectivity index (χ3v) is 3.43. The quantitative estimate of drug-likeness (QED) is 0.896. The number of hydrogen-bond donors (Lipinski definition) is 2. The van der Waals surface area contributed by atoms with Crippen molar-refractivity contribution in [1.29, 1.82) is 0 Å². The van der Waals surface area contributed by atoms with Crippen LogP contribution in [0.25, 0.3) is 0 Å². The minimum atomic E-state index is -0.332. The van der Waals surface area contributed by atoms with E-state index in [2.05, 4.69) is 15.6 Å². The summed E-state index contributed by atoms with van der Waals surface area (Å²) in [5, 5.41) is 5.85. The average molecular weight is 289 g/mol. The maximum atomic E-state index is 12.2. The van der Waals surface area contributed by atoms with Crippen LogP contribution in [-0.4, -0.2) is 28.4 Å². The van der Waals surface area contributed by atoms with Gasteiger partial charge >= 0.3 is 0 Å². The van der Waals surface area contributed by atoms with E-state index in [4.69, 9.17) is 0 Å². The van der Waals surface area contributed by atoms with Crippen molar-refractivity contribution < 1.29 is 9.59 Å². The van der Waals surface area contributed by atoms with Gasteiger partial charge in [0.2, 0.25) is 0 Å². The fourth-order valence-electron chi connectivity index (χ4n) is 2.44. The smallest absolute Gasteiger partial charge is 0.270 e. The van der Waals surface area contributed by atoms with Crippen LogP contribution in [0.15, 0.2) is 18.3 Å². The zero-order chi connectivity index (χ0) is 15.5. The topological polar surface area (TPSA) is 71.1 Å². The van der Waals surface area contributed by atoms with Gasteiger partial charge in [-0.15, -0.1) is 0 Å². The number of carbonyl (C=O) groups is 2. The SMILES string of the molecule is CC(C)(C)NC(=O)c1cc(C(=O)NC2CCCC2)ccn1. The molecular weight excluding hydrogens is 266 g/mol. The highest BCUT2D eigenvalue weighted by atomic mass is 16.2. The van der Waals surface area contributed by atoms with Crippen LogP contribution in [0.4, 0.5) is 0 Å². The van der Waals surface area contributed by atoms with Crippen LogP contribution < -0.4 is 10.6 Å². The summed E-state index contributed by atoms with van der Waals surface area (Å²) in [4.78, 5) is 28.3. The molecule has 0 saturated heterocycles. The van der Waals surface area contributed by atoms with E-state index in [1.807, 2.05) is 20.8 Å². The second-order valence-electron chi connectivity index (χ2n) is 6.59. The molecule has 0 unspecified atom stereocenters. The zero-order valence-corrected chi connectivity index (χ0v) is 12.9. The molecule has 0 aliphatic heterocycles. The van der Waals surface area contributed by atoms with Crippen LogP contribution >= 0.6 is 0 Å².